The zero-order chi connectivity index (χ0) is 14.3. The van der Waals surface area contributed by atoms with Crippen molar-refractivity contribution in [3.8, 4) is 0 Å². The maximum Gasteiger partial charge on any atom is 0.120 e. The van der Waals surface area contributed by atoms with Gasteiger partial charge in [-0.25, -0.2) is 4.98 Å². The van der Waals surface area contributed by atoms with Crippen LogP contribution in [-0.4, -0.2) is 14.5 Å². The molecule has 110 valence electrons. The molecule has 0 bridgehead atoms. The molecule has 1 unspecified atom stereocenters. The molecule has 0 aromatic carbocycles. The molecular formula is C16H24N2OS. The minimum atomic E-state index is -0.354. The van der Waals surface area contributed by atoms with Gasteiger partial charge in [0.1, 0.15) is 11.2 Å². The fourth-order valence-electron chi connectivity index (χ4n) is 3.29. The van der Waals surface area contributed by atoms with Crippen LogP contribution < -0.4 is 0 Å². The molecule has 2 heterocycles. The second-order valence-electron chi connectivity index (χ2n) is 7.01. The molecule has 3 rings (SSSR count). The third-order valence-corrected chi connectivity index (χ3v) is 5.90. The van der Waals surface area contributed by atoms with Crippen LogP contribution in [0.2, 0.25) is 0 Å². The standard InChI is InChI=1S/C16H24N2OS/c1-16(2,3)15-13(18-10-17-9-12(18)20-15)14(19)11-7-5-4-6-8-11/h9-11,14,19H,4-8H2,1-3H3. The van der Waals surface area contributed by atoms with Gasteiger partial charge in [0.05, 0.1) is 18.0 Å². The zero-order valence-corrected chi connectivity index (χ0v) is 13.4. The number of aromatic nitrogens is 2. The summed E-state index contributed by atoms with van der Waals surface area (Å²) in [7, 11) is 0. The highest BCUT2D eigenvalue weighted by molar-refractivity contribution is 7.17. The van der Waals surface area contributed by atoms with E-state index in [1.54, 1.807) is 11.3 Å². The first-order chi connectivity index (χ1) is 9.48. The summed E-state index contributed by atoms with van der Waals surface area (Å²) in [5.41, 5.74) is 1.15. The molecule has 1 atom stereocenters. The lowest BCUT2D eigenvalue weighted by molar-refractivity contribution is 0.0791. The van der Waals surface area contributed by atoms with Crippen LogP contribution in [0.5, 0.6) is 0 Å². The van der Waals surface area contributed by atoms with Crippen molar-refractivity contribution in [2.75, 3.05) is 0 Å². The number of thiazole rings is 1. The molecule has 1 N–H and O–H groups in total. The zero-order valence-electron chi connectivity index (χ0n) is 12.6. The Labute approximate surface area is 124 Å². The van der Waals surface area contributed by atoms with Crippen LogP contribution in [0.25, 0.3) is 4.83 Å². The predicted octanol–water partition coefficient (Wildman–Crippen LogP) is 4.31. The van der Waals surface area contributed by atoms with E-state index in [0.717, 1.165) is 23.4 Å². The summed E-state index contributed by atoms with van der Waals surface area (Å²) in [4.78, 5) is 6.67. The molecular weight excluding hydrogens is 268 g/mol. The van der Waals surface area contributed by atoms with Crippen molar-refractivity contribution in [2.24, 2.45) is 5.92 Å². The maximum absolute atomic E-state index is 11.0. The average molecular weight is 292 g/mol. The van der Waals surface area contributed by atoms with Crippen molar-refractivity contribution >= 4 is 16.2 Å². The second-order valence-corrected chi connectivity index (χ2v) is 8.04. The number of fused-ring (bicyclic) bond motifs is 1. The van der Waals surface area contributed by atoms with Crippen LogP contribution in [0.3, 0.4) is 0 Å². The number of hydrogen-bond donors (Lipinski definition) is 1. The average Bonchev–Trinajstić information content (AvgIpc) is 2.98. The molecule has 0 spiro atoms. The van der Waals surface area contributed by atoms with Crippen molar-refractivity contribution in [3.05, 3.63) is 23.1 Å². The molecule has 0 saturated heterocycles. The van der Waals surface area contributed by atoms with E-state index in [9.17, 15) is 5.11 Å². The summed E-state index contributed by atoms with van der Waals surface area (Å²) in [6.45, 7) is 6.67. The molecule has 1 saturated carbocycles. The first kappa shape index (κ1) is 14.1. The monoisotopic (exact) mass is 292 g/mol. The molecule has 0 aliphatic heterocycles. The van der Waals surface area contributed by atoms with Crippen molar-refractivity contribution in [3.63, 3.8) is 0 Å². The fraction of sp³-hybridized carbons (Fsp3) is 0.688. The van der Waals surface area contributed by atoms with E-state index >= 15 is 0 Å². The normalized spacial score (nSPS) is 19.6. The molecule has 1 aliphatic rings. The van der Waals surface area contributed by atoms with Gasteiger partial charge in [0.2, 0.25) is 0 Å². The molecule has 0 radical (unpaired) electrons. The van der Waals surface area contributed by atoms with Gasteiger partial charge in [0, 0.05) is 4.88 Å². The lowest BCUT2D eigenvalue weighted by Crippen LogP contribution is -2.21. The minimum Gasteiger partial charge on any atom is -0.387 e. The van der Waals surface area contributed by atoms with E-state index in [1.165, 1.54) is 24.1 Å². The quantitative estimate of drug-likeness (QED) is 0.895. The molecule has 2 aromatic heterocycles. The van der Waals surface area contributed by atoms with Crippen molar-refractivity contribution < 1.29 is 5.11 Å². The van der Waals surface area contributed by atoms with Gasteiger partial charge < -0.3 is 5.11 Å². The summed E-state index contributed by atoms with van der Waals surface area (Å²) in [5, 5.41) is 11.0. The maximum atomic E-state index is 11.0. The van der Waals surface area contributed by atoms with E-state index in [-0.39, 0.29) is 11.5 Å². The van der Waals surface area contributed by atoms with Crippen LogP contribution in [0.1, 0.15) is 69.6 Å². The van der Waals surface area contributed by atoms with Gasteiger partial charge in [-0.15, -0.1) is 11.3 Å². The van der Waals surface area contributed by atoms with Crippen LogP contribution in [0.15, 0.2) is 12.5 Å². The summed E-state index contributed by atoms with van der Waals surface area (Å²) < 4.78 is 2.10. The number of nitrogens with zero attached hydrogens (tertiary/aromatic N) is 2. The first-order valence-corrected chi connectivity index (χ1v) is 8.43. The Morgan fingerprint density at radius 3 is 2.65 bits per heavy atom. The highest BCUT2D eigenvalue weighted by Gasteiger charge is 2.32. The lowest BCUT2D eigenvalue weighted by atomic mass is 9.82. The summed E-state index contributed by atoms with van der Waals surface area (Å²) in [6, 6.07) is 0. The first-order valence-electron chi connectivity index (χ1n) is 7.62. The Balaban J connectivity index is 2.05. The molecule has 3 nitrogen and oxygen atoms in total. The highest BCUT2D eigenvalue weighted by Crippen LogP contribution is 2.42. The van der Waals surface area contributed by atoms with Gasteiger partial charge in [0.15, 0.2) is 0 Å². The number of rotatable bonds is 2. The molecule has 0 amide bonds. The molecule has 2 aromatic rings. The third kappa shape index (κ3) is 2.40. The molecule has 1 fully saturated rings. The van der Waals surface area contributed by atoms with Crippen molar-refractivity contribution in [1.82, 2.24) is 9.38 Å². The smallest absolute Gasteiger partial charge is 0.120 e. The molecule has 1 aliphatic carbocycles. The Hall–Kier alpha value is -0.870. The van der Waals surface area contributed by atoms with Crippen LogP contribution in [-0.2, 0) is 5.41 Å². The second kappa shape index (κ2) is 5.15. The highest BCUT2D eigenvalue weighted by atomic mass is 32.1. The van der Waals surface area contributed by atoms with Crippen LogP contribution in [0, 0.1) is 5.92 Å². The van der Waals surface area contributed by atoms with E-state index in [2.05, 4.69) is 30.2 Å². The van der Waals surface area contributed by atoms with Crippen LogP contribution >= 0.6 is 11.3 Å². The van der Waals surface area contributed by atoms with E-state index in [0.29, 0.717) is 5.92 Å². The van der Waals surface area contributed by atoms with Crippen LogP contribution in [0.4, 0.5) is 0 Å². The van der Waals surface area contributed by atoms with E-state index in [4.69, 9.17) is 0 Å². The van der Waals surface area contributed by atoms with Gasteiger partial charge in [-0.3, -0.25) is 4.40 Å². The number of aliphatic hydroxyl groups is 1. The topological polar surface area (TPSA) is 37.5 Å². The van der Waals surface area contributed by atoms with Gasteiger partial charge in [-0.05, 0) is 24.2 Å². The van der Waals surface area contributed by atoms with E-state index in [1.807, 2.05) is 12.5 Å². The third-order valence-electron chi connectivity index (χ3n) is 4.36. The number of hydrogen-bond acceptors (Lipinski definition) is 3. The summed E-state index contributed by atoms with van der Waals surface area (Å²) in [5.74, 6) is 0.407. The van der Waals surface area contributed by atoms with Crippen molar-refractivity contribution in [1.29, 1.82) is 0 Å². The number of aliphatic hydroxyl groups excluding tert-OH is 1. The molecule has 4 heteroatoms. The van der Waals surface area contributed by atoms with Gasteiger partial charge in [-0.2, -0.15) is 0 Å². The predicted molar refractivity (Wildman–Crippen MR) is 83.3 cm³/mol. The van der Waals surface area contributed by atoms with Gasteiger partial charge >= 0.3 is 0 Å². The summed E-state index contributed by atoms with van der Waals surface area (Å²) >= 11 is 1.77. The van der Waals surface area contributed by atoms with Crippen molar-refractivity contribution in [2.45, 2.75) is 64.4 Å². The summed E-state index contributed by atoms with van der Waals surface area (Å²) in [6.07, 6.45) is 9.52. The largest absolute Gasteiger partial charge is 0.387 e. The SMILES string of the molecule is CC(C)(C)c1sc2cncn2c1C(O)C1CCCCC1. The Kier molecular flexibility index (Phi) is 3.63. The van der Waals surface area contributed by atoms with Gasteiger partial charge in [-0.1, -0.05) is 40.0 Å². The Bertz CT molecular complexity index is 587. The lowest BCUT2D eigenvalue weighted by Gasteiger charge is -2.29. The Morgan fingerprint density at radius 2 is 2.00 bits per heavy atom. The van der Waals surface area contributed by atoms with Gasteiger partial charge in [0.25, 0.3) is 0 Å². The number of imidazole rings is 1. The van der Waals surface area contributed by atoms with E-state index < -0.39 is 0 Å². The minimum absolute atomic E-state index is 0.0642. The fourth-order valence-corrected chi connectivity index (χ4v) is 4.49. The molecule has 20 heavy (non-hydrogen) atoms. The Morgan fingerprint density at radius 1 is 1.30 bits per heavy atom.